The van der Waals surface area contributed by atoms with Crippen LogP contribution in [0.1, 0.15) is 44.5 Å². The Balaban J connectivity index is 2.66. The molecule has 2 aromatic rings. The highest BCUT2D eigenvalue weighted by atomic mass is 35.5. The highest BCUT2D eigenvalue weighted by Crippen LogP contribution is 2.41. The van der Waals surface area contributed by atoms with E-state index in [-0.39, 0.29) is 27.0 Å². The summed E-state index contributed by atoms with van der Waals surface area (Å²) in [5.74, 6) is -0.273. The minimum Gasteiger partial charge on any atom is -0.505 e. The normalized spacial score (nSPS) is 13.4. The van der Waals surface area contributed by atoms with Gasteiger partial charge in [-0.05, 0) is 30.0 Å². The van der Waals surface area contributed by atoms with Gasteiger partial charge in [0.05, 0.1) is 10.0 Å². The maximum absolute atomic E-state index is 12.1. The van der Waals surface area contributed by atoms with Crippen molar-refractivity contribution in [1.29, 1.82) is 0 Å². The molecule has 0 saturated carbocycles. The van der Waals surface area contributed by atoms with Crippen LogP contribution in [0.5, 0.6) is 5.75 Å². The van der Waals surface area contributed by atoms with Gasteiger partial charge >= 0.3 is 10.3 Å². The predicted molar refractivity (Wildman–Crippen MR) is 118 cm³/mol. The summed E-state index contributed by atoms with van der Waals surface area (Å²) in [6, 6.07) is 6.75. The van der Waals surface area contributed by atoms with E-state index in [1.54, 1.807) is 25.3 Å². The summed E-state index contributed by atoms with van der Waals surface area (Å²) in [5.41, 5.74) is 1.81. The number of hydrogen-bond acceptors (Lipinski definition) is 5. The van der Waals surface area contributed by atoms with Crippen molar-refractivity contribution in [3.05, 3.63) is 57.3 Å². The molecule has 1 aromatic carbocycles. The largest absolute Gasteiger partial charge is 0.505 e. The molecule has 0 bridgehead atoms. The fourth-order valence-corrected chi connectivity index (χ4v) is 3.80. The predicted octanol–water partition coefficient (Wildman–Crippen LogP) is 5.32. The molecule has 1 N–H and O–H groups in total. The van der Waals surface area contributed by atoms with Crippen LogP contribution in [0.25, 0.3) is 11.3 Å². The molecule has 0 aliphatic heterocycles. The Kier molecular flexibility index (Phi) is 6.89. The van der Waals surface area contributed by atoms with Gasteiger partial charge in [0.2, 0.25) is 0 Å². The zero-order valence-corrected chi connectivity index (χ0v) is 19.4. The van der Waals surface area contributed by atoms with Gasteiger partial charge < -0.3 is 9.29 Å². The number of allylic oxidation sites excluding steroid dienone is 1. The number of hydrogen-bond donors (Lipinski definition) is 1. The van der Waals surface area contributed by atoms with Crippen molar-refractivity contribution in [2.24, 2.45) is 0 Å². The number of rotatable bonds is 5. The second-order valence-corrected chi connectivity index (χ2v) is 10.2. The molecular weight excluding hydrogens is 435 g/mol. The lowest BCUT2D eigenvalue weighted by Crippen LogP contribution is -2.27. The van der Waals surface area contributed by atoms with Gasteiger partial charge in [-0.1, -0.05) is 56.1 Å². The highest BCUT2D eigenvalue weighted by Gasteiger charge is 2.25. The highest BCUT2D eigenvalue weighted by molar-refractivity contribution is 7.84. The van der Waals surface area contributed by atoms with Gasteiger partial charge in [-0.3, -0.25) is 4.98 Å². The molecule has 2 rings (SSSR count). The Morgan fingerprint density at radius 1 is 1.17 bits per heavy atom. The second kappa shape index (κ2) is 8.52. The molecule has 0 aliphatic carbocycles. The topological polar surface area (TPSA) is 79.7 Å². The number of halogens is 2. The number of aliphatic hydroxyl groups excluding tert-OH is 1. The van der Waals surface area contributed by atoms with Crippen molar-refractivity contribution in [2.45, 2.75) is 33.1 Å². The molecule has 0 unspecified atom stereocenters. The van der Waals surface area contributed by atoms with Gasteiger partial charge in [0.25, 0.3) is 0 Å². The molecule has 0 radical (unpaired) electrons. The molecule has 6 nitrogen and oxygen atoms in total. The third kappa shape index (κ3) is 5.04. The van der Waals surface area contributed by atoms with E-state index in [1.807, 2.05) is 26.8 Å². The molecule has 1 heterocycles. The third-order valence-corrected chi connectivity index (χ3v) is 6.23. The van der Waals surface area contributed by atoms with Crippen molar-refractivity contribution in [3.8, 4) is 5.75 Å². The molecule has 0 saturated heterocycles. The van der Waals surface area contributed by atoms with E-state index in [2.05, 4.69) is 4.98 Å². The van der Waals surface area contributed by atoms with Crippen molar-refractivity contribution in [2.75, 3.05) is 14.1 Å². The van der Waals surface area contributed by atoms with Crippen LogP contribution in [0.2, 0.25) is 10.0 Å². The number of nitrogens with zero attached hydrogens (tertiary/aromatic N) is 2. The van der Waals surface area contributed by atoms with Crippen molar-refractivity contribution in [3.63, 3.8) is 0 Å². The Bertz CT molecular complexity index is 1060. The van der Waals surface area contributed by atoms with Gasteiger partial charge in [0, 0.05) is 31.4 Å². The first kappa shape index (κ1) is 23.5. The lowest BCUT2D eigenvalue weighted by atomic mass is 9.85. The lowest BCUT2D eigenvalue weighted by Gasteiger charge is -2.22. The Hall–Kier alpha value is -1.80. The van der Waals surface area contributed by atoms with Crippen LogP contribution in [0, 0.1) is 0 Å². The van der Waals surface area contributed by atoms with Crippen LogP contribution in [-0.4, -0.2) is 36.9 Å². The van der Waals surface area contributed by atoms with Gasteiger partial charge in [0.15, 0.2) is 5.75 Å². The molecule has 29 heavy (non-hydrogen) atoms. The summed E-state index contributed by atoms with van der Waals surface area (Å²) in [6.07, 6.45) is 1.59. The molecule has 0 spiro atoms. The van der Waals surface area contributed by atoms with E-state index in [1.165, 1.54) is 20.2 Å². The monoisotopic (exact) mass is 458 g/mol. The van der Waals surface area contributed by atoms with E-state index in [9.17, 15) is 13.5 Å². The Morgan fingerprint density at radius 3 is 2.34 bits per heavy atom. The Labute approximate surface area is 182 Å². The van der Waals surface area contributed by atoms with Crippen LogP contribution in [0.3, 0.4) is 0 Å². The minimum absolute atomic E-state index is 0.0276. The molecule has 1 aromatic heterocycles. The summed E-state index contributed by atoms with van der Waals surface area (Å²) in [4.78, 5) is 4.33. The van der Waals surface area contributed by atoms with Gasteiger partial charge in [-0.25, -0.2) is 0 Å². The molecular formula is C20H24Cl2N2O4S. The average Bonchev–Trinajstić information content (AvgIpc) is 2.63. The number of benzene rings is 1. The number of aliphatic hydroxyl groups is 1. The SMILES string of the molecule is C/C(=C(/O)c1ncccc1C(C)(C)C)c1ccc(Cl)c(OS(=O)(=O)N(C)C)c1Cl. The van der Waals surface area contributed by atoms with E-state index in [0.717, 1.165) is 9.87 Å². The summed E-state index contributed by atoms with van der Waals surface area (Å²) >= 11 is 12.5. The quantitative estimate of drug-likeness (QED) is 0.613. The summed E-state index contributed by atoms with van der Waals surface area (Å²) in [7, 11) is -1.41. The maximum atomic E-state index is 12.1. The van der Waals surface area contributed by atoms with Crippen LogP contribution < -0.4 is 4.18 Å². The number of aromatic nitrogens is 1. The summed E-state index contributed by atoms with van der Waals surface area (Å²) in [5, 5.41) is 11.0. The molecule has 0 amide bonds. The molecule has 158 valence electrons. The summed E-state index contributed by atoms with van der Waals surface area (Å²) in [6.45, 7) is 7.71. The van der Waals surface area contributed by atoms with E-state index in [4.69, 9.17) is 27.4 Å². The molecule has 0 atom stereocenters. The van der Waals surface area contributed by atoms with E-state index in [0.29, 0.717) is 16.8 Å². The summed E-state index contributed by atoms with van der Waals surface area (Å²) < 4.78 is 30.2. The fraction of sp³-hybridized carbons (Fsp3) is 0.350. The smallest absolute Gasteiger partial charge is 0.384 e. The van der Waals surface area contributed by atoms with Crippen LogP contribution >= 0.6 is 23.2 Å². The van der Waals surface area contributed by atoms with Crippen LogP contribution in [0.15, 0.2) is 30.5 Å². The van der Waals surface area contributed by atoms with Gasteiger partial charge in [-0.15, -0.1) is 0 Å². The van der Waals surface area contributed by atoms with Gasteiger partial charge in [0.1, 0.15) is 11.5 Å². The molecule has 0 aliphatic rings. The first-order valence-electron chi connectivity index (χ1n) is 8.73. The zero-order chi connectivity index (χ0) is 22.1. The molecule has 9 heteroatoms. The first-order valence-corrected chi connectivity index (χ1v) is 10.9. The van der Waals surface area contributed by atoms with Crippen molar-refractivity contribution in [1.82, 2.24) is 9.29 Å². The van der Waals surface area contributed by atoms with Gasteiger partial charge in [-0.2, -0.15) is 12.7 Å². The number of pyridine rings is 1. The Morgan fingerprint density at radius 2 is 1.79 bits per heavy atom. The van der Waals surface area contributed by atoms with E-state index < -0.39 is 10.3 Å². The van der Waals surface area contributed by atoms with E-state index >= 15 is 0 Å². The minimum atomic E-state index is -4.06. The lowest BCUT2D eigenvalue weighted by molar-refractivity contribution is 0.421. The van der Waals surface area contributed by atoms with Crippen LogP contribution in [-0.2, 0) is 15.7 Å². The first-order chi connectivity index (χ1) is 13.3. The third-order valence-electron chi connectivity index (χ3n) is 4.28. The standard InChI is InChI=1S/C20H24Cl2N2O4S/c1-12(18(25)17-14(20(2,3)4)8-7-11-23-17)13-9-10-15(21)19(16(13)22)28-29(26,27)24(5)6/h7-11,25H,1-6H3/b18-12-. The van der Waals surface area contributed by atoms with Crippen molar-refractivity contribution >= 4 is 44.8 Å². The second-order valence-electron chi connectivity index (χ2n) is 7.68. The molecule has 0 fully saturated rings. The average molecular weight is 459 g/mol. The fourth-order valence-electron chi connectivity index (χ4n) is 2.58. The zero-order valence-electron chi connectivity index (χ0n) is 17.1. The van der Waals surface area contributed by atoms with Crippen LogP contribution in [0.4, 0.5) is 0 Å². The van der Waals surface area contributed by atoms with Crippen molar-refractivity contribution < 1.29 is 17.7 Å². The maximum Gasteiger partial charge on any atom is 0.384 e.